The van der Waals surface area contributed by atoms with Gasteiger partial charge in [-0.2, -0.15) is 0 Å². The second-order valence-corrected chi connectivity index (χ2v) is 6.47. The van der Waals surface area contributed by atoms with Gasteiger partial charge in [-0.3, -0.25) is 14.5 Å². The van der Waals surface area contributed by atoms with Gasteiger partial charge in [0.15, 0.2) is 0 Å². The highest BCUT2D eigenvalue weighted by molar-refractivity contribution is 5.98. The second kappa shape index (κ2) is 9.08. The minimum absolute atomic E-state index is 0.0483. The molecule has 28 heavy (non-hydrogen) atoms. The Morgan fingerprint density at radius 2 is 1.86 bits per heavy atom. The van der Waals surface area contributed by atoms with Gasteiger partial charge in [0.25, 0.3) is 0 Å². The number of amides is 2. The van der Waals surface area contributed by atoms with Crippen molar-refractivity contribution < 1.29 is 14.3 Å². The van der Waals surface area contributed by atoms with E-state index in [1.54, 1.807) is 12.1 Å². The maximum Gasteiger partial charge on any atom is 0.240 e. The van der Waals surface area contributed by atoms with Crippen molar-refractivity contribution in [3.05, 3.63) is 60.3 Å². The van der Waals surface area contributed by atoms with E-state index in [0.717, 1.165) is 16.5 Å². The molecule has 0 spiro atoms. The first-order chi connectivity index (χ1) is 13.6. The molecule has 146 valence electrons. The number of aromatic nitrogens is 1. The number of fused-ring (bicyclic) bond motifs is 1. The first kappa shape index (κ1) is 19.5. The molecule has 0 fully saturated rings. The predicted molar refractivity (Wildman–Crippen MR) is 111 cm³/mol. The van der Waals surface area contributed by atoms with Gasteiger partial charge in [0.2, 0.25) is 11.8 Å². The minimum Gasteiger partial charge on any atom is -0.492 e. The number of aromatic amines is 1. The molecule has 3 aromatic rings. The Bertz CT molecular complexity index is 964. The molecule has 2 aromatic carbocycles. The Balaban J connectivity index is 1.61. The van der Waals surface area contributed by atoms with Crippen LogP contribution in [0.4, 0.5) is 5.69 Å². The lowest BCUT2D eigenvalue weighted by atomic mass is 10.1. The molecular weight excluding hydrogens is 354 g/mol. The van der Waals surface area contributed by atoms with E-state index < -0.39 is 0 Å². The lowest BCUT2D eigenvalue weighted by Gasteiger charge is -2.23. The predicted octanol–water partition coefficient (Wildman–Crippen LogP) is 3.28. The highest BCUT2D eigenvalue weighted by atomic mass is 16.5. The van der Waals surface area contributed by atoms with Crippen molar-refractivity contribution in [2.45, 2.75) is 20.3 Å². The third-order valence-electron chi connectivity index (χ3n) is 4.53. The number of H-pyrrole nitrogens is 1. The van der Waals surface area contributed by atoms with E-state index in [1.807, 2.05) is 43.5 Å². The number of benzene rings is 2. The number of nitrogens with one attached hydrogen (secondary N) is 2. The fraction of sp³-hybridized carbons (Fsp3) is 0.273. The molecule has 0 aliphatic rings. The van der Waals surface area contributed by atoms with Crippen LogP contribution in [0, 0.1) is 0 Å². The maximum absolute atomic E-state index is 12.4. The summed E-state index contributed by atoms with van der Waals surface area (Å²) in [6.45, 7) is 4.26. The Morgan fingerprint density at radius 1 is 1.11 bits per heavy atom. The van der Waals surface area contributed by atoms with E-state index in [-0.39, 0.29) is 18.4 Å². The number of carbonyl (C=O) groups excluding carboxylic acids is 2. The standard InChI is InChI=1S/C22H25N3O3/c1-3-28-21-11-7-6-10-20(21)25(16(2)26)15-22(27)23-13-12-17-14-24-19-9-5-4-8-18(17)19/h4-11,14,24H,3,12-13,15H2,1-2H3,(H,23,27). The number of ether oxygens (including phenoxy) is 1. The highest BCUT2D eigenvalue weighted by Crippen LogP contribution is 2.28. The minimum atomic E-state index is -0.209. The van der Waals surface area contributed by atoms with Crippen molar-refractivity contribution in [1.29, 1.82) is 0 Å². The second-order valence-electron chi connectivity index (χ2n) is 6.47. The van der Waals surface area contributed by atoms with Crippen LogP contribution in [-0.2, 0) is 16.0 Å². The number of para-hydroxylation sites is 3. The van der Waals surface area contributed by atoms with Crippen LogP contribution in [-0.4, -0.2) is 36.5 Å². The first-order valence-corrected chi connectivity index (χ1v) is 9.41. The molecule has 6 nitrogen and oxygen atoms in total. The van der Waals surface area contributed by atoms with Crippen LogP contribution in [0.25, 0.3) is 10.9 Å². The molecule has 0 bridgehead atoms. The molecule has 1 heterocycles. The summed E-state index contributed by atoms with van der Waals surface area (Å²) in [4.78, 5) is 29.2. The molecule has 6 heteroatoms. The molecule has 0 unspecified atom stereocenters. The van der Waals surface area contributed by atoms with E-state index in [2.05, 4.69) is 16.4 Å². The third-order valence-corrected chi connectivity index (χ3v) is 4.53. The highest BCUT2D eigenvalue weighted by Gasteiger charge is 2.19. The molecular formula is C22H25N3O3. The number of rotatable bonds is 8. The van der Waals surface area contributed by atoms with Gasteiger partial charge < -0.3 is 15.0 Å². The summed E-state index contributed by atoms with van der Waals surface area (Å²) in [5.41, 5.74) is 2.84. The molecule has 2 N–H and O–H groups in total. The Hall–Kier alpha value is -3.28. The topological polar surface area (TPSA) is 74.4 Å². The van der Waals surface area contributed by atoms with Gasteiger partial charge in [0.05, 0.1) is 12.3 Å². The molecule has 0 radical (unpaired) electrons. The zero-order chi connectivity index (χ0) is 19.9. The van der Waals surface area contributed by atoms with Crippen LogP contribution in [0.5, 0.6) is 5.75 Å². The SMILES string of the molecule is CCOc1ccccc1N(CC(=O)NCCc1c[nH]c2ccccc12)C(C)=O. The number of nitrogens with zero attached hydrogens (tertiary/aromatic N) is 1. The summed E-state index contributed by atoms with van der Waals surface area (Å²) in [6.07, 6.45) is 2.68. The number of carbonyl (C=O) groups is 2. The van der Waals surface area contributed by atoms with Crippen LogP contribution in [0.3, 0.4) is 0 Å². The zero-order valence-corrected chi connectivity index (χ0v) is 16.2. The van der Waals surface area contributed by atoms with Crippen molar-refractivity contribution in [2.75, 3.05) is 24.6 Å². The molecule has 1 aromatic heterocycles. The third kappa shape index (κ3) is 4.52. The molecule has 0 aliphatic heterocycles. The van der Waals surface area contributed by atoms with Gasteiger partial charge in [0.1, 0.15) is 12.3 Å². The Morgan fingerprint density at radius 3 is 2.64 bits per heavy atom. The molecule has 2 amide bonds. The van der Waals surface area contributed by atoms with Crippen LogP contribution >= 0.6 is 0 Å². The first-order valence-electron chi connectivity index (χ1n) is 9.41. The Kier molecular flexibility index (Phi) is 6.32. The van der Waals surface area contributed by atoms with Crippen molar-refractivity contribution >= 4 is 28.4 Å². The number of hydrogen-bond acceptors (Lipinski definition) is 3. The molecule has 0 atom stereocenters. The van der Waals surface area contributed by atoms with E-state index in [1.165, 1.54) is 11.8 Å². The molecule has 0 saturated heterocycles. The average Bonchev–Trinajstić information content (AvgIpc) is 3.10. The van der Waals surface area contributed by atoms with Crippen molar-refractivity contribution in [1.82, 2.24) is 10.3 Å². The van der Waals surface area contributed by atoms with E-state index >= 15 is 0 Å². The van der Waals surface area contributed by atoms with Crippen molar-refractivity contribution in [3.8, 4) is 5.75 Å². The van der Waals surface area contributed by atoms with Crippen LogP contribution in [0.2, 0.25) is 0 Å². The molecule has 0 saturated carbocycles. The summed E-state index contributed by atoms with van der Waals surface area (Å²) >= 11 is 0. The zero-order valence-electron chi connectivity index (χ0n) is 16.2. The summed E-state index contributed by atoms with van der Waals surface area (Å²) in [5, 5.41) is 4.06. The van der Waals surface area contributed by atoms with Crippen molar-refractivity contribution in [2.24, 2.45) is 0 Å². The van der Waals surface area contributed by atoms with Crippen LogP contribution < -0.4 is 15.0 Å². The van der Waals surface area contributed by atoms with E-state index in [0.29, 0.717) is 31.0 Å². The van der Waals surface area contributed by atoms with E-state index in [4.69, 9.17) is 4.74 Å². The van der Waals surface area contributed by atoms with Crippen molar-refractivity contribution in [3.63, 3.8) is 0 Å². The van der Waals surface area contributed by atoms with Gasteiger partial charge in [-0.25, -0.2) is 0 Å². The largest absolute Gasteiger partial charge is 0.492 e. The van der Waals surface area contributed by atoms with Crippen LogP contribution in [0.15, 0.2) is 54.7 Å². The summed E-state index contributed by atoms with van der Waals surface area (Å²) in [7, 11) is 0. The lowest BCUT2D eigenvalue weighted by molar-refractivity contribution is -0.123. The van der Waals surface area contributed by atoms with Gasteiger partial charge in [-0.15, -0.1) is 0 Å². The quantitative estimate of drug-likeness (QED) is 0.631. The normalized spacial score (nSPS) is 10.6. The van der Waals surface area contributed by atoms with Gasteiger partial charge in [0, 0.05) is 30.6 Å². The summed E-state index contributed by atoms with van der Waals surface area (Å²) in [5.74, 6) is 0.173. The summed E-state index contributed by atoms with van der Waals surface area (Å²) in [6, 6.07) is 15.3. The average molecular weight is 379 g/mol. The molecule has 0 aliphatic carbocycles. The lowest BCUT2D eigenvalue weighted by Crippen LogP contribution is -2.40. The fourth-order valence-electron chi connectivity index (χ4n) is 3.20. The van der Waals surface area contributed by atoms with Gasteiger partial charge >= 0.3 is 0 Å². The Labute approximate surface area is 164 Å². The fourth-order valence-corrected chi connectivity index (χ4v) is 3.20. The number of hydrogen-bond donors (Lipinski definition) is 2. The maximum atomic E-state index is 12.4. The number of anilines is 1. The van der Waals surface area contributed by atoms with E-state index in [9.17, 15) is 9.59 Å². The van der Waals surface area contributed by atoms with Gasteiger partial charge in [-0.1, -0.05) is 30.3 Å². The molecule has 3 rings (SSSR count). The monoisotopic (exact) mass is 379 g/mol. The smallest absolute Gasteiger partial charge is 0.240 e. The van der Waals surface area contributed by atoms with Gasteiger partial charge in [-0.05, 0) is 37.1 Å². The summed E-state index contributed by atoms with van der Waals surface area (Å²) < 4.78 is 5.59. The van der Waals surface area contributed by atoms with Crippen LogP contribution in [0.1, 0.15) is 19.4 Å².